The highest BCUT2D eigenvalue weighted by Gasteiger charge is 2.19. The van der Waals surface area contributed by atoms with Gasteiger partial charge in [-0.1, -0.05) is 45.9 Å². The van der Waals surface area contributed by atoms with Gasteiger partial charge < -0.3 is 0 Å². The summed E-state index contributed by atoms with van der Waals surface area (Å²) in [5, 5.41) is 29.1. The van der Waals surface area contributed by atoms with E-state index in [1.807, 2.05) is 48.5 Å². The van der Waals surface area contributed by atoms with E-state index in [1.54, 1.807) is 9.03 Å². The first kappa shape index (κ1) is 17.9. The Balaban J connectivity index is 1.43. The average molecular weight is 471 g/mol. The second-order valence-electron chi connectivity index (χ2n) is 6.26. The molecule has 0 saturated heterocycles. The number of rotatable bonds is 3. The molecular weight excluding hydrogens is 463 g/mol. The first-order valence-corrected chi connectivity index (χ1v) is 11.0. The lowest BCUT2D eigenvalue weighted by Crippen LogP contribution is -1.92. The van der Waals surface area contributed by atoms with Gasteiger partial charge in [-0.05, 0) is 48.5 Å². The Hall–Kier alpha value is -2.92. The molecule has 4 heterocycles. The van der Waals surface area contributed by atoms with Crippen molar-refractivity contribution in [2.24, 2.45) is 0 Å². The van der Waals surface area contributed by atoms with E-state index in [0.29, 0.717) is 31.6 Å². The minimum atomic E-state index is 0.647. The smallest absolute Gasteiger partial charge is 0.182 e. The van der Waals surface area contributed by atoms with E-state index in [4.69, 9.17) is 23.2 Å². The van der Waals surface area contributed by atoms with Gasteiger partial charge in [0.15, 0.2) is 21.7 Å². The summed E-state index contributed by atoms with van der Waals surface area (Å²) in [4.78, 5) is 1.36. The predicted molar refractivity (Wildman–Crippen MR) is 117 cm³/mol. The molecule has 4 aromatic heterocycles. The molecule has 0 N–H and O–H groups in total. The fourth-order valence-corrected chi connectivity index (χ4v) is 4.90. The van der Waals surface area contributed by atoms with E-state index in [9.17, 15) is 0 Å². The quantitative estimate of drug-likeness (QED) is 0.361. The van der Waals surface area contributed by atoms with Crippen LogP contribution < -0.4 is 0 Å². The van der Waals surface area contributed by atoms with E-state index in [0.717, 1.165) is 21.1 Å². The zero-order valence-electron chi connectivity index (χ0n) is 14.8. The third kappa shape index (κ3) is 2.88. The number of hydrogen-bond acceptors (Lipinski definition) is 8. The lowest BCUT2D eigenvalue weighted by molar-refractivity contribution is 0.944. The van der Waals surface area contributed by atoms with Crippen LogP contribution in [0.4, 0.5) is 0 Å². The summed E-state index contributed by atoms with van der Waals surface area (Å²) in [7, 11) is 0. The molecule has 0 radical (unpaired) electrons. The molecule has 6 aromatic rings. The lowest BCUT2D eigenvalue weighted by atomic mass is 10.2. The third-order valence-electron chi connectivity index (χ3n) is 4.37. The van der Waals surface area contributed by atoms with Gasteiger partial charge in [-0.3, -0.25) is 0 Å². The van der Waals surface area contributed by atoms with E-state index in [1.165, 1.54) is 22.7 Å². The summed E-state index contributed by atoms with van der Waals surface area (Å²) in [6, 6.07) is 14.8. The number of halogens is 2. The van der Waals surface area contributed by atoms with Crippen LogP contribution in [0.5, 0.6) is 0 Å². The van der Waals surface area contributed by atoms with Crippen molar-refractivity contribution in [1.29, 1.82) is 0 Å². The summed E-state index contributed by atoms with van der Waals surface area (Å²) in [6.07, 6.45) is 0. The van der Waals surface area contributed by atoms with Gasteiger partial charge in [0.2, 0.25) is 9.92 Å². The van der Waals surface area contributed by atoms with Gasteiger partial charge in [-0.25, -0.2) is 0 Å². The van der Waals surface area contributed by atoms with Gasteiger partial charge >= 0.3 is 0 Å². The van der Waals surface area contributed by atoms with Crippen LogP contribution in [0.15, 0.2) is 48.5 Å². The number of aromatic nitrogens is 8. The topological polar surface area (TPSA) is 86.2 Å². The Morgan fingerprint density at radius 3 is 1.37 bits per heavy atom. The van der Waals surface area contributed by atoms with Crippen molar-refractivity contribution < 1.29 is 0 Å². The maximum Gasteiger partial charge on any atom is 0.235 e. The minimum absolute atomic E-state index is 0.647. The molecule has 0 amide bonds. The van der Waals surface area contributed by atoms with Crippen LogP contribution in [0, 0.1) is 0 Å². The molecule has 0 bridgehead atoms. The molecule has 0 unspecified atom stereocenters. The van der Waals surface area contributed by atoms with E-state index in [-0.39, 0.29) is 0 Å². The molecule has 0 saturated carbocycles. The van der Waals surface area contributed by atoms with Crippen LogP contribution in [0.1, 0.15) is 0 Å². The second-order valence-corrected chi connectivity index (χ2v) is 9.05. The van der Waals surface area contributed by atoms with Gasteiger partial charge in [-0.2, -0.15) is 9.03 Å². The SMILES string of the molecule is Clc1ccc(-c2nnc3sc(-c4nn5c(-c6ccc(Cl)cc6)nnc5s4)nn23)cc1. The van der Waals surface area contributed by atoms with Gasteiger partial charge in [0.1, 0.15) is 0 Å². The lowest BCUT2D eigenvalue weighted by Gasteiger charge is -1.97. The third-order valence-corrected chi connectivity index (χ3v) is 6.81. The standard InChI is InChI=1S/C18H8Cl2N8S2/c19-11-5-1-9(2-6-11)13-21-23-17-27(13)25-15(29-17)16-26-28-14(22-24-18(28)30-16)10-3-7-12(20)8-4-10/h1-8H. The fraction of sp³-hybridized carbons (Fsp3) is 0. The first-order chi connectivity index (χ1) is 14.7. The second kappa shape index (κ2) is 6.81. The molecule has 0 fully saturated rings. The Morgan fingerprint density at radius 2 is 0.967 bits per heavy atom. The molecule has 30 heavy (non-hydrogen) atoms. The monoisotopic (exact) mass is 470 g/mol. The largest absolute Gasteiger partial charge is 0.235 e. The van der Waals surface area contributed by atoms with Crippen LogP contribution >= 0.6 is 45.9 Å². The van der Waals surface area contributed by atoms with Crippen molar-refractivity contribution in [3.05, 3.63) is 58.6 Å². The van der Waals surface area contributed by atoms with Gasteiger partial charge in [0, 0.05) is 21.2 Å². The zero-order chi connectivity index (χ0) is 20.2. The summed E-state index contributed by atoms with van der Waals surface area (Å²) in [5.41, 5.74) is 1.76. The van der Waals surface area contributed by atoms with Crippen molar-refractivity contribution in [3.63, 3.8) is 0 Å². The maximum absolute atomic E-state index is 5.98. The number of benzene rings is 2. The van der Waals surface area contributed by atoms with E-state index in [2.05, 4.69) is 30.6 Å². The molecule has 2 aromatic carbocycles. The molecule has 12 heteroatoms. The van der Waals surface area contributed by atoms with Crippen LogP contribution in [-0.2, 0) is 0 Å². The van der Waals surface area contributed by atoms with Crippen molar-refractivity contribution in [2.75, 3.05) is 0 Å². The molecule has 0 spiro atoms. The highest BCUT2D eigenvalue weighted by molar-refractivity contribution is 7.26. The van der Waals surface area contributed by atoms with Gasteiger partial charge in [0.05, 0.1) is 0 Å². The highest BCUT2D eigenvalue weighted by Crippen LogP contribution is 2.32. The number of hydrogen-bond donors (Lipinski definition) is 0. The summed E-state index contributed by atoms with van der Waals surface area (Å²) in [5.74, 6) is 1.29. The summed E-state index contributed by atoms with van der Waals surface area (Å²) in [6.45, 7) is 0. The average Bonchev–Trinajstić information content (AvgIpc) is 3.49. The zero-order valence-corrected chi connectivity index (χ0v) is 17.9. The van der Waals surface area contributed by atoms with Crippen LogP contribution in [0.2, 0.25) is 10.0 Å². The predicted octanol–water partition coefficient (Wildman–Crippen LogP) is 4.99. The Morgan fingerprint density at radius 1 is 0.567 bits per heavy atom. The fourth-order valence-electron chi connectivity index (χ4n) is 2.96. The number of nitrogens with zero attached hydrogens (tertiary/aromatic N) is 8. The van der Waals surface area contributed by atoms with Crippen molar-refractivity contribution in [3.8, 4) is 32.8 Å². The Bertz CT molecular complexity index is 1400. The van der Waals surface area contributed by atoms with Crippen LogP contribution in [-0.4, -0.2) is 39.6 Å². The van der Waals surface area contributed by atoms with E-state index < -0.39 is 0 Å². The Kier molecular flexibility index (Phi) is 4.06. The Labute approximate surface area is 186 Å². The minimum Gasteiger partial charge on any atom is -0.182 e. The van der Waals surface area contributed by atoms with Gasteiger partial charge in [-0.15, -0.1) is 30.6 Å². The molecule has 146 valence electrons. The first-order valence-electron chi connectivity index (χ1n) is 8.62. The molecule has 0 aliphatic rings. The summed E-state index contributed by atoms with van der Waals surface area (Å²) >= 11 is 14.8. The molecule has 0 aliphatic carbocycles. The van der Waals surface area contributed by atoms with Gasteiger partial charge in [0.25, 0.3) is 0 Å². The molecule has 8 nitrogen and oxygen atoms in total. The van der Waals surface area contributed by atoms with Crippen LogP contribution in [0.3, 0.4) is 0 Å². The summed E-state index contributed by atoms with van der Waals surface area (Å²) < 4.78 is 3.43. The molecule has 6 rings (SSSR count). The van der Waals surface area contributed by atoms with Crippen molar-refractivity contribution >= 4 is 55.8 Å². The van der Waals surface area contributed by atoms with Crippen molar-refractivity contribution in [1.82, 2.24) is 39.6 Å². The maximum atomic E-state index is 5.98. The molecular formula is C18H8Cl2N8S2. The normalized spacial score (nSPS) is 11.7. The van der Waals surface area contributed by atoms with E-state index >= 15 is 0 Å². The molecule has 0 aliphatic heterocycles. The van der Waals surface area contributed by atoms with Crippen LogP contribution in [0.25, 0.3) is 42.7 Å². The van der Waals surface area contributed by atoms with Crippen molar-refractivity contribution in [2.45, 2.75) is 0 Å². The number of fused-ring (bicyclic) bond motifs is 2. The molecule has 0 atom stereocenters. The highest BCUT2D eigenvalue weighted by atomic mass is 35.5.